The fraction of sp³-hybridized carbons (Fsp3) is 0.609. The molecular formula is C23H30FN5O2. The molecule has 2 N–H and O–H groups in total. The van der Waals surface area contributed by atoms with Crippen molar-refractivity contribution in [2.45, 2.75) is 63.1 Å². The monoisotopic (exact) mass is 427 g/mol. The summed E-state index contributed by atoms with van der Waals surface area (Å²) in [6.45, 7) is 1.09. The zero-order chi connectivity index (χ0) is 22.0. The smallest absolute Gasteiger partial charge is 0.318 e. The lowest BCUT2D eigenvalue weighted by atomic mass is 9.91. The molecule has 1 saturated heterocycles. The van der Waals surface area contributed by atoms with E-state index in [0.717, 1.165) is 31.2 Å². The number of piperidine rings is 1. The summed E-state index contributed by atoms with van der Waals surface area (Å²) in [5.41, 5.74) is 1.51. The van der Waals surface area contributed by atoms with E-state index in [1.165, 1.54) is 0 Å². The number of carbonyl (C=O) groups is 2. The molecule has 2 unspecified atom stereocenters. The van der Waals surface area contributed by atoms with Gasteiger partial charge in [-0.05, 0) is 55.6 Å². The molecule has 7 nitrogen and oxygen atoms in total. The largest absolute Gasteiger partial charge is 0.341 e. The minimum Gasteiger partial charge on any atom is -0.341 e. The van der Waals surface area contributed by atoms with Crippen molar-refractivity contribution in [1.82, 2.24) is 20.4 Å². The van der Waals surface area contributed by atoms with Crippen LogP contribution in [0.3, 0.4) is 0 Å². The van der Waals surface area contributed by atoms with Crippen LogP contribution in [0.4, 0.5) is 14.0 Å². The predicted octanol–water partition coefficient (Wildman–Crippen LogP) is 3.32. The molecular weight excluding hydrogens is 397 g/mol. The first-order valence-corrected chi connectivity index (χ1v) is 11.2. The second-order valence-corrected chi connectivity index (χ2v) is 9.00. The molecule has 3 aliphatic rings. The van der Waals surface area contributed by atoms with Gasteiger partial charge in [0.2, 0.25) is 0 Å². The molecule has 4 amide bonds. The number of hydrogen-bond acceptors (Lipinski definition) is 3. The van der Waals surface area contributed by atoms with E-state index in [-0.39, 0.29) is 42.4 Å². The summed E-state index contributed by atoms with van der Waals surface area (Å²) < 4.78 is 14.5. The maximum absolute atomic E-state index is 14.5. The highest BCUT2D eigenvalue weighted by molar-refractivity contribution is 5.76. The number of hydrogen-bond donors (Lipinski definition) is 2. The third-order valence-corrected chi connectivity index (χ3v) is 6.52. The number of carbonyl (C=O) groups excluding carboxylic acids is 2. The van der Waals surface area contributed by atoms with Crippen LogP contribution in [0.25, 0.3) is 0 Å². The summed E-state index contributed by atoms with van der Waals surface area (Å²) in [6, 6.07) is 7.07. The van der Waals surface area contributed by atoms with Crippen molar-refractivity contribution in [2.24, 2.45) is 5.92 Å². The molecule has 1 aromatic rings. The molecule has 2 saturated carbocycles. The number of nitrogens with zero attached hydrogens (tertiary/aromatic N) is 3. The number of nitriles is 1. The van der Waals surface area contributed by atoms with Gasteiger partial charge in [0, 0.05) is 44.7 Å². The van der Waals surface area contributed by atoms with Gasteiger partial charge in [0.15, 0.2) is 0 Å². The van der Waals surface area contributed by atoms with Crippen LogP contribution < -0.4 is 10.6 Å². The maximum Gasteiger partial charge on any atom is 0.318 e. The highest BCUT2D eigenvalue weighted by atomic mass is 19.1. The van der Waals surface area contributed by atoms with E-state index >= 15 is 0 Å². The molecule has 2 aliphatic carbocycles. The Morgan fingerprint density at radius 1 is 1.23 bits per heavy atom. The number of rotatable bonds is 6. The van der Waals surface area contributed by atoms with E-state index in [2.05, 4.69) is 16.7 Å². The van der Waals surface area contributed by atoms with Crippen molar-refractivity contribution in [3.63, 3.8) is 0 Å². The first-order valence-electron chi connectivity index (χ1n) is 11.2. The second-order valence-electron chi connectivity index (χ2n) is 9.00. The Balaban J connectivity index is 1.43. The van der Waals surface area contributed by atoms with E-state index in [4.69, 9.17) is 5.26 Å². The molecule has 166 valence electrons. The molecule has 1 aromatic carbocycles. The van der Waals surface area contributed by atoms with Gasteiger partial charge in [0.25, 0.3) is 0 Å². The maximum atomic E-state index is 14.5. The van der Waals surface area contributed by atoms with Crippen LogP contribution in [0.5, 0.6) is 0 Å². The van der Waals surface area contributed by atoms with Crippen LogP contribution in [0, 0.1) is 23.1 Å². The van der Waals surface area contributed by atoms with Gasteiger partial charge in [-0.25, -0.2) is 14.0 Å². The van der Waals surface area contributed by atoms with Crippen molar-refractivity contribution >= 4 is 12.1 Å². The minimum absolute atomic E-state index is 0.0301. The van der Waals surface area contributed by atoms with Crippen molar-refractivity contribution < 1.29 is 14.0 Å². The molecule has 3 fully saturated rings. The molecule has 4 rings (SSSR count). The molecule has 2 atom stereocenters. The predicted molar refractivity (Wildman–Crippen MR) is 114 cm³/mol. The number of halogens is 1. The number of benzene rings is 1. The summed E-state index contributed by atoms with van der Waals surface area (Å²) in [4.78, 5) is 28.9. The molecule has 0 spiro atoms. The highest BCUT2D eigenvalue weighted by Gasteiger charge is 2.41. The fourth-order valence-electron chi connectivity index (χ4n) is 4.60. The molecule has 8 heteroatoms. The van der Waals surface area contributed by atoms with E-state index < -0.39 is 0 Å². The van der Waals surface area contributed by atoms with Crippen LogP contribution in [0.2, 0.25) is 0 Å². The quantitative estimate of drug-likeness (QED) is 0.730. The van der Waals surface area contributed by atoms with E-state index in [1.807, 2.05) is 11.0 Å². The Kier molecular flexibility index (Phi) is 6.30. The zero-order valence-electron chi connectivity index (χ0n) is 17.9. The number of urea groups is 2. The lowest BCUT2D eigenvalue weighted by molar-refractivity contribution is 0.0921. The van der Waals surface area contributed by atoms with E-state index in [0.29, 0.717) is 37.4 Å². The summed E-state index contributed by atoms with van der Waals surface area (Å²) >= 11 is 0. The summed E-state index contributed by atoms with van der Waals surface area (Å²) in [5.74, 6) is 0.238. The topological polar surface area (TPSA) is 88.5 Å². The number of amides is 4. The van der Waals surface area contributed by atoms with E-state index in [1.54, 1.807) is 24.1 Å². The van der Waals surface area contributed by atoms with Crippen LogP contribution in [-0.4, -0.2) is 54.1 Å². The molecule has 0 aromatic heterocycles. The Bertz CT molecular complexity index is 877. The van der Waals surface area contributed by atoms with Gasteiger partial charge in [-0.15, -0.1) is 0 Å². The molecule has 1 aliphatic heterocycles. The van der Waals surface area contributed by atoms with Crippen LogP contribution in [-0.2, 0) is 6.54 Å². The fourth-order valence-corrected chi connectivity index (χ4v) is 4.60. The molecule has 1 heterocycles. The third kappa shape index (κ3) is 5.09. The van der Waals surface area contributed by atoms with E-state index in [9.17, 15) is 14.0 Å². The minimum atomic E-state index is -0.278. The highest BCUT2D eigenvalue weighted by Crippen LogP contribution is 2.40. The number of nitrogens with one attached hydrogen (secondary N) is 2. The normalized spacial score (nSPS) is 23.1. The Morgan fingerprint density at radius 2 is 2.00 bits per heavy atom. The van der Waals surface area contributed by atoms with Gasteiger partial charge in [-0.1, -0.05) is 12.1 Å². The molecule has 0 radical (unpaired) electrons. The Hall–Kier alpha value is -2.82. The van der Waals surface area contributed by atoms with Gasteiger partial charge in [0.1, 0.15) is 5.82 Å². The van der Waals surface area contributed by atoms with Gasteiger partial charge in [0.05, 0.1) is 12.1 Å². The third-order valence-electron chi connectivity index (χ3n) is 6.52. The van der Waals surface area contributed by atoms with Crippen LogP contribution in [0.15, 0.2) is 18.2 Å². The zero-order valence-corrected chi connectivity index (χ0v) is 17.9. The standard InChI is InChI=1S/C23H30FN5O2/c1-26-22(30)28-13-15(8-9-25)10-20(14-28)29(19-6-7-19)23(31)27-12-18-5-4-17(11-21(18)24)16-2-3-16/h4-5,11,15-16,19-20H,2-3,6-8,10,12-14H2,1H3,(H,26,30)(H,27,31). The van der Waals surface area contributed by atoms with Crippen LogP contribution >= 0.6 is 0 Å². The summed E-state index contributed by atoms with van der Waals surface area (Å²) in [6.07, 6.45) is 5.13. The number of likely N-dealkylation sites (tertiary alicyclic amines) is 1. The summed E-state index contributed by atoms with van der Waals surface area (Å²) in [7, 11) is 1.58. The second kappa shape index (κ2) is 9.13. The Morgan fingerprint density at radius 3 is 2.61 bits per heavy atom. The first-order chi connectivity index (χ1) is 15.0. The SMILES string of the molecule is CNC(=O)N1CC(CC#N)CC(N(C(=O)NCc2ccc(C3CC3)cc2F)C2CC2)C1. The van der Waals surface area contributed by atoms with Gasteiger partial charge < -0.3 is 20.4 Å². The van der Waals surface area contributed by atoms with Crippen molar-refractivity contribution in [3.8, 4) is 6.07 Å². The van der Waals surface area contributed by atoms with Gasteiger partial charge in [-0.3, -0.25) is 0 Å². The lowest BCUT2D eigenvalue weighted by Crippen LogP contribution is -2.58. The van der Waals surface area contributed by atoms with Crippen LogP contribution in [0.1, 0.15) is 55.6 Å². The average Bonchev–Trinajstić information content (AvgIpc) is 3.66. The summed E-state index contributed by atoms with van der Waals surface area (Å²) in [5, 5.41) is 14.7. The van der Waals surface area contributed by atoms with Crippen molar-refractivity contribution in [2.75, 3.05) is 20.1 Å². The molecule has 31 heavy (non-hydrogen) atoms. The van der Waals surface area contributed by atoms with Gasteiger partial charge >= 0.3 is 12.1 Å². The Labute approximate surface area is 182 Å². The molecule has 0 bridgehead atoms. The first kappa shape index (κ1) is 21.4. The van der Waals surface area contributed by atoms with Crippen molar-refractivity contribution in [1.29, 1.82) is 5.26 Å². The average molecular weight is 428 g/mol. The van der Waals surface area contributed by atoms with Gasteiger partial charge in [-0.2, -0.15) is 5.26 Å². The van der Waals surface area contributed by atoms with Crippen molar-refractivity contribution in [3.05, 3.63) is 35.1 Å². The lowest BCUT2D eigenvalue weighted by Gasteiger charge is -2.42.